The third-order valence-corrected chi connectivity index (χ3v) is 6.10. The van der Waals surface area contributed by atoms with E-state index >= 15 is 0 Å². The molecule has 0 bridgehead atoms. The fourth-order valence-electron chi connectivity index (χ4n) is 2.46. The van der Waals surface area contributed by atoms with Crippen molar-refractivity contribution in [3.63, 3.8) is 0 Å². The number of benzene rings is 1. The number of alkyl halides is 3. The van der Waals surface area contributed by atoms with Gasteiger partial charge in [-0.25, -0.2) is 18.4 Å². The Labute approximate surface area is 160 Å². The van der Waals surface area contributed by atoms with E-state index in [4.69, 9.17) is 0 Å². The molecular formula is C16H10F3N5O2S2. The van der Waals surface area contributed by atoms with Gasteiger partial charge in [-0.05, 0) is 29.6 Å². The number of halogens is 3. The lowest BCUT2D eigenvalue weighted by molar-refractivity contribution is -0.0435. The summed E-state index contributed by atoms with van der Waals surface area (Å²) < 4.78 is 61.7. The summed E-state index contributed by atoms with van der Waals surface area (Å²) in [6.45, 7) is 0. The maximum Gasteiger partial charge on any atom is 0.501 e. The molecule has 12 heteroatoms. The first kappa shape index (κ1) is 18.4. The minimum atomic E-state index is -5.46. The molecule has 4 aromatic rings. The number of hydrogen-bond donors (Lipinski definition) is 2. The topological polar surface area (TPSA) is 101 Å². The van der Waals surface area contributed by atoms with Crippen molar-refractivity contribution < 1.29 is 21.6 Å². The van der Waals surface area contributed by atoms with Crippen LogP contribution < -0.4 is 5.32 Å². The Hall–Kier alpha value is -2.99. The molecule has 1 aromatic carbocycles. The maximum absolute atomic E-state index is 12.8. The quantitative estimate of drug-likeness (QED) is 0.510. The molecule has 3 heterocycles. The first-order chi connectivity index (χ1) is 13.3. The van der Waals surface area contributed by atoms with Crippen LogP contribution in [0.1, 0.15) is 0 Å². The van der Waals surface area contributed by atoms with Gasteiger partial charge in [-0.15, -0.1) is 11.3 Å². The van der Waals surface area contributed by atoms with Gasteiger partial charge < -0.3 is 5.32 Å². The van der Waals surface area contributed by atoms with E-state index in [-0.39, 0.29) is 11.5 Å². The van der Waals surface area contributed by atoms with Crippen LogP contribution in [0.25, 0.3) is 21.7 Å². The van der Waals surface area contributed by atoms with Crippen molar-refractivity contribution in [2.75, 3.05) is 5.32 Å². The van der Waals surface area contributed by atoms with Gasteiger partial charge in [-0.2, -0.15) is 18.3 Å². The lowest BCUT2D eigenvalue weighted by Crippen LogP contribution is -2.23. The number of sulfone groups is 1. The first-order valence-corrected chi connectivity index (χ1v) is 10.1. The van der Waals surface area contributed by atoms with Crippen molar-refractivity contribution >= 4 is 43.7 Å². The molecule has 3 aromatic heterocycles. The Bertz CT molecular complexity index is 1250. The predicted octanol–water partition coefficient (Wildman–Crippen LogP) is 4.12. The van der Waals surface area contributed by atoms with Crippen molar-refractivity contribution in [3.8, 4) is 10.7 Å². The molecule has 0 aliphatic carbocycles. The fourth-order valence-corrected chi connectivity index (χ4v) is 3.92. The van der Waals surface area contributed by atoms with Crippen LogP contribution in [0, 0.1) is 0 Å². The summed E-state index contributed by atoms with van der Waals surface area (Å²) >= 11 is 1.42. The van der Waals surface area contributed by atoms with Gasteiger partial charge >= 0.3 is 5.51 Å². The second-order valence-electron chi connectivity index (χ2n) is 5.61. The first-order valence-electron chi connectivity index (χ1n) is 7.69. The summed E-state index contributed by atoms with van der Waals surface area (Å²) in [6.07, 6.45) is 1.49. The third-order valence-electron chi connectivity index (χ3n) is 3.75. The summed E-state index contributed by atoms with van der Waals surface area (Å²) in [4.78, 5) is 8.72. The summed E-state index contributed by atoms with van der Waals surface area (Å²) in [5.41, 5.74) is -4.33. The summed E-state index contributed by atoms with van der Waals surface area (Å²) in [5.74, 6) is 0.665. The van der Waals surface area contributed by atoms with Crippen LogP contribution >= 0.6 is 11.3 Å². The number of rotatable bonds is 4. The van der Waals surface area contributed by atoms with E-state index in [9.17, 15) is 21.6 Å². The van der Waals surface area contributed by atoms with Crippen LogP contribution in [0.3, 0.4) is 0 Å². The zero-order chi connectivity index (χ0) is 19.9. The molecule has 0 radical (unpaired) electrons. The van der Waals surface area contributed by atoms with Crippen molar-refractivity contribution in [1.82, 2.24) is 20.2 Å². The van der Waals surface area contributed by atoms with E-state index < -0.39 is 20.2 Å². The minimum Gasteiger partial charge on any atom is -0.338 e. The highest BCUT2D eigenvalue weighted by Gasteiger charge is 2.46. The maximum atomic E-state index is 12.8. The highest BCUT2D eigenvalue weighted by atomic mass is 32.2. The minimum absolute atomic E-state index is 0.122. The second kappa shape index (κ2) is 6.56. The number of aromatic nitrogens is 4. The van der Waals surface area contributed by atoms with Gasteiger partial charge in [0.1, 0.15) is 11.0 Å². The number of hydrogen-bond acceptors (Lipinski definition) is 7. The molecule has 0 fully saturated rings. The monoisotopic (exact) mass is 425 g/mol. The molecule has 0 unspecified atom stereocenters. The van der Waals surface area contributed by atoms with Crippen LogP contribution in [0.2, 0.25) is 0 Å². The van der Waals surface area contributed by atoms with E-state index in [0.29, 0.717) is 16.9 Å². The standard InChI is InChI=1S/C16H10F3N5O2S2/c17-16(18,19)28(25,26)10-4-1-3-9(7-10)21-15-13-11(8-20-24-13)22-14(23-15)12-5-2-6-27-12/h1-8H,(H,20,24)(H,21,22,23). The number of fused-ring (bicyclic) bond motifs is 1. The Balaban J connectivity index is 1.77. The highest BCUT2D eigenvalue weighted by molar-refractivity contribution is 7.92. The van der Waals surface area contributed by atoms with E-state index in [2.05, 4.69) is 25.5 Å². The lowest BCUT2D eigenvalue weighted by Gasteiger charge is -2.11. The van der Waals surface area contributed by atoms with Crippen LogP contribution in [0.15, 0.2) is 52.9 Å². The molecule has 0 atom stereocenters. The molecular weight excluding hydrogens is 415 g/mol. The van der Waals surface area contributed by atoms with Crippen LogP contribution in [-0.4, -0.2) is 34.1 Å². The molecule has 0 aliphatic rings. The van der Waals surface area contributed by atoms with E-state index in [0.717, 1.165) is 17.0 Å². The molecule has 0 saturated heterocycles. The highest BCUT2D eigenvalue weighted by Crippen LogP contribution is 2.33. The fraction of sp³-hybridized carbons (Fsp3) is 0.0625. The Kier molecular flexibility index (Phi) is 4.31. The molecule has 144 valence electrons. The number of nitrogens with zero attached hydrogens (tertiary/aromatic N) is 3. The predicted molar refractivity (Wildman–Crippen MR) is 98.0 cm³/mol. The third kappa shape index (κ3) is 3.20. The zero-order valence-corrected chi connectivity index (χ0v) is 15.4. The van der Waals surface area contributed by atoms with Crippen LogP contribution in [0.4, 0.5) is 24.7 Å². The number of aromatic amines is 1. The molecule has 0 spiro atoms. The molecule has 0 saturated carbocycles. The Morgan fingerprint density at radius 2 is 1.93 bits per heavy atom. The van der Waals surface area contributed by atoms with Crippen LogP contribution in [0.5, 0.6) is 0 Å². The lowest BCUT2D eigenvalue weighted by atomic mass is 10.3. The summed E-state index contributed by atoms with van der Waals surface area (Å²) in [6, 6.07) is 8.10. The molecule has 0 aliphatic heterocycles. The summed E-state index contributed by atoms with van der Waals surface area (Å²) in [5, 5.41) is 11.3. The number of H-pyrrole nitrogens is 1. The zero-order valence-electron chi connectivity index (χ0n) is 13.7. The smallest absolute Gasteiger partial charge is 0.338 e. The molecule has 0 amide bonds. The van der Waals surface area contributed by atoms with Crippen molar-refractivity contribution in [2.24, 2.45) is 0 Å². The summed E-state index contributed by atoms with van der Waals surface area (Å²) in [7, 11) is -5.46. The van der Waals surface area contributed by atoms with Gasteiger partial charge in [0.15, 0.2) is 11.6 Å². The van der Waals surface area contributed by atoms with Gasteiger partial charge in [-0.1, -0.05) is 12.1 Å². The van der Waals surface area contributed by atoms with Gasteiger partial charge in [0, 0.05) is 5.69 Å². The Morgan fingerprint density at radius 1 is 1.11 bits per heavy atom. The van der Waals surface area contributed by atoms with Crippen LogP contribution in [-0.2, 0) is 9.84 Å². The van der Waals surface area contributed by atoms with Crippen molar-refractivity contribution in [3.05, 3.63) is 48.0 Å². The number of thiophene rings is 1. The molecule has 2 N–H and O–H groups in total. The van der Waals surface area contributed by atoms with Gasteiger partial charge in [-0.3, -0.25) is 5.10 Å². The molecule has 7 nitrogen and oxygen atoms in total. The average molecular weight is 425 g/mol. The average Bonchev–Trinajstić information content (AvgIpc) is 3.32. The largest absolute Gasteiger partial charge is 0.501 e. The van der Waals surface area contributed by atoms with Gasteiger partial charge in [0.25, 0.3) is 9.84 Å². The number of anilines is 2. The SMILES string of the molecule is O=S(=O)(c1cccc(Nc2nc(-c3cccs3)nc3cn[nH]c23)c1)C(F)(F)F. The van der Waals surface area contributed by atoms with E-state index in [1.807, 2.05) is 17.5 Å². The molecule has 4 rings (SSSR count). The Morgan fingerprint density at radius 3 is 2.64 bits per heavy atom. The molecule has 28 heavy (non-hydrogen) atoms. The van der Waals surface area contributed by atoms with Gasteiger partial charge in [0.05, 0.1) is 16.0 Å². The van der Waals surface area contributed by atoms with E-state index in [1.165, 1.54) is 29.7 Å². The van der Waals surface area contributed by atoms with Crippen molar-refractivity contribution in [2.45, 2.75) is 10.4 Å². The van der Waals surface area contributed by atoms with E-state index in [1.54, 1.807) is 0 Å². The van der Waals surface area contributed by atoms with Gasteiger partial charge in [0.2, 0.25) is 0 Å². The normalized spacial score (nSPS) is 12.4. The van der Waals surface area contributed by atoms with Crippen molar-refractivity contribution in [1.29, 1.82) is 0 Å². The second-order valence-corrected chi connectivity index (χ2v) is 8.49. The number of nitrogens with one attached hydrogen (secondary N) is 2.